The lowest BCUT2D eigenvalue weighted by atomic mass is 10.1. The van der Waals surface area contributed by atoms with Crippen LogP contribution < -0.4 is 10.2 Å². The molecule has 0 bridgehead atoms. The standard InChI is InChI=1S/C12H14N6S/c1-2-8(1)11-16-12(19-17-11)15-9-6-18(7-9)10-5-13-3-4-14-10/h3-5,8-9H,1-2,6-7H2,(H,15,16,17). The molecule has 6 nitrogen and oxygen atoms in total. The monoisotopic (exact) mass is 274 g/mol. The summed E-state index contributed by atoms with van der Waals surface area (Å²) in [6.45, 7) is 1.88. The van der Waals surface area contributed by atoms with E-state index < -0.39 is 0 Å². The van der Waals surface area contributed by atoms with Crippen LogP contribution in [0.15, 0.2) is 18.6 Å². The normalized spacial score (nSPS) is 19.3. The first-order valence-electron chi connectivity index (χ1n) is 6.49. The second-order valence-electron chi connectivity index (χ2n) is 5.04. The second kappa shape index (κ2) is 4.41. The third kappa shape index (κ3) is 2.25. The Morgan fingerprint density at radius 2 is 2.16 bits per heavy atom. The van der Waals surface area contributed by atoms with Gasteiger partial charge in [0.25, 0.3) is 0 Å². The Balaban J connectivity index is 1.33. The summed E-state index contributed by atoms with van der Waals surface area (Å²) in [6, 6.07) is 0.432. The molecule has 7 heteroatoms. The molecule has 4 rings (SSSR count). The molecular weight excluding hydrogens is 260 g/mol. The summed E-state index contributed by atoms with van der Waals surface area (Å²) in [5.74, 6) is 2.60. The van der Waals surface area contributed by atoms with Crippen molar-refractivity contribution in [3.05, 3.63) is 24.4 Å². The Bertz CT molecular complexity index is 561. The number of nitrogens with zero attached hydrogens (tertiary/aromatic N) is 5. The second-order valence-corrected chi connectivity index (χ2v) is 5.79. The molecule has 3 heterocycles. The molecule has 0 spiro atoms. The van der Waals surface area contributed by atoms with Gasteiger partial charge in [0, 0.05) is 42.9 Å². The van der Waals surface area contributed by atoms with E-state index in [2.05, 4.69) is 29.5 Å². The summed E-state index contributed by atoms with van der Waals surface area (Å²) >= 11 is 1.47. The molecule has 2 aromatic rings. The Hall–Kier alpha value is -1.76. The fourth-order valence-electron chi connectivity index (χ4n) is 2.19. The van der Waals surface area contributed by atoms with Crippen LogP contribution in [0.25, 0.3) is 0 Å². The van der Waals surface area contributed by atoms with Gasteiger partial charge in [-0.25, -0.2) is 9.97 Å². The average molecular weight is 274 g/mol. The van der Waals surface area contributed by atoms with Crippen LogP contribution in [0.1, 0.15) is 24.6 Å². The highest BCUT2D eigenvalue weighted by atomic mass is 32.1. The largest absolute Gasteiger partial charge is 0.354 e. The molecule has 98 valence electrons. The van der Waals surface area contributed by atoms with Crippen molar-refractivity contribution in [2.45, 2.75) is 24.8 Å². The Morgan fingerprint density at radius 3 is 2.89 bits per heavy atom. The van der Waals surface area contributed by atoms with Gasteiger partial charge in [0.05, 0.1) is 12.2 Å². The van der Waals surface area contributed by atoms with Crippen LogP contribution in [0, 0.1) is 0 Å². The van der Waals surface area contributed by atoms with Gasteiger partial charge in [0.15, 0.2) is 0 Å². The maximum atomic E-state index is 4.54. The quantitative estimate of drug-likeness (QED) is 0.911. The molecule has 0 aromatic carbocycles. The molecule has 1 saturated heterocycles. The van der Waals surface area contributed by atoms with E-state index in [1.165, 1.54) is 24.4 Å². The molecule has 2 aromatic heterocycles. The maximum Gasteiger partial charge on any atom is 0.202 e. The van der Waals surface area contributed by atoms with Crippen molar-refractivity contribution >= 4 is 22.5 Å². The maximum absolute atomic E-state index is 4.54. The van der Waals surface area contributed by atoms with Crippen molar-refractivity contribution in [2.75, 3.05) is 23.3 Å². The van der Waals surface area contributed by atoms with Gasteiger partial charge in [0.2, 0.25) is 5.13 Å². The van der Waals surface area contributed by atoms with Crippen molar-refractivity contribution in [2.24, 2.45) is 0 Å². The van der Waals surface area contributed by atoms with E-state index in [9.17, 15) is 0 Å². The lowest BCUT2D eigenvalue weighted by molar-refractivity contribution is 0.543. The van der Waals surface area contributed by atoms with E-state index in [4.69, 9.17) is 0 Å². The summed E-state index contributed by atoms with van der Waals surface area (Å²) in [5.41, 5.74) is 0. The summed E-state index contributed by atoms with van der Waals surface area (Å²) < 4.78 is 4.40. The minimum absolute atomic E-state index is 0.432. The van der Waals surface area contributed by atoms with Crippen LogP contribution in [0.4, 0.5) is 10.9 Å². The fourth-order valence-corrected chi connectivity index (χ4v) is 2.91. The van der Waals surface area contributed by atoms with Crippen molar-refractivity contribution in [3.63, 3.8) is 0 Å². The number of aromatic nitrogens is 4. The van der Waals surface area contributed by atoms with E-state index in [1.54, 1.807) is 18.6 Å². The predicted molar refractivity (Wildman–Crippen MR) is 73.5 cm³/mol. The van der Waals surface area contributed by atoms with E-state index >= 15 is 0 Å². The van der Waals surface area contributed by atoms with Gasteiger partial charge in [-0.2, -0.15) is 4.37 Å². The molecule has 1 N–H and O–H groups in total. The first-order chi connectivity index (χ1) is 9.38. The topological polar surface area (TPSA) is 66.8 Å². The highest BCUT2D eigenvalue weighted by Crippen LogP contribution is 2.39. The summed E-state index contributed by atoms with van der Waals surface area (Å²) in [6.07, 6.45) is 7.72. The molecule has 19 heavy (non-hydrogen) atoms. The molecule has 1 aliphatic heterocycles. The van der Waals surface area contributed by atoms with E-state index in [0.29, 0.717) is 12.0 Å². The van der Waals surface area contributed by atoms with Gasteiger partial charge in [-0.05, 0) is 12.8 Å². The smallest absolute Gasteiger partial charge is 0.202 e. The van der Waals surface area contributed by atoms with E-state index in [-0.39, 0.29) is 0 Å². The van der Waals surface area contributed by atoms with Gasteiger partial charge in [0.1, 0.15) is 11.6 Å². The van der Waals surface area contributed by atoms with Crippen LogP contribution in [-0.2, 0) is 0 Å². The average Bonchev–Trinajstić information content (AvgIpc) is 3.15. The molecular formula is C12H14N6S. The minimum atomic E-state index is 0.432. The molecule has 2 fully saturated rings. The highest BCUT2D eigenvalue weighted by molar-refractivity contribution is 7.09. The lowest BCUT2D eigenvalue weighted by Crippen LogP contribution is -2.55. The molecule has 1 aliphatic carbocycles. The molecule has 2 aliphatic rings. The van der Waals surface area contributed by atoms with Gasteiger partial charge < -0.3 is 10.2 Å². The van der Waals surface area contributed by atoms with Crippen molar-refractivity contribution in [1.82, 2.24) is 19.3 Å². The summed E-state index contributed by atoms with van der Waals surface area (Å²) in [4.78, 5) is 15.1. The lowest BCUT2D eigenvalue weighted by Gasteiger charge is -2.39. The van der Waals surface area contributed by atoms with Crippen LogP contribution in [0.2, 0.25) is 0 Å². The third-order valence-electron chi connectivity index (χ3n) is 3.47. The van der Waals surface area contributed by atoms with Crippen LogP contribution >= 0.6 is 11.5 Å². The van der Waals surface area contributed by atoms with Crippen molar-refractivity contribution < 1.29 is 0 Å². The van der Waals surface area contributed by atoms with Crippen LogP contribution in [-0.4, -0.2) is 38.5 Å². The predicted octanol–water partition coefficient (Wildman–Crippen LogP) is 1.51. The molecule has 0 amide bonds. The van der Waals surface area contributed by atoms with Crippen molar-refractivity contribution in [1.29, 1.82) is 0 Å². The van der Waals surface area contributed by atoms with Gasteiger partial charge >= 0.3 is 0 Å². The number of hydrogen-bond acceptors (Lipinski definition) is 7. The van der Waals surface area contributed by atoms with E-state index in [0.717, 1.165) is 29.9 Å². The zero-order valence-corrected chi connectivity index (χ0v) is 11.2. The zero-order valence-electron chi connectivity index (χ0n) is 10.4. The fraction of sp³-hybridized carbons (Fsp3) is 0.500. The highest BCUT2D eigenvalue weighted by Gasteiger charge is 2.30. The Kier molecular flexibility index (Phi) is 2.58. The van der Waals surface area contributed by atoms with Gasteiger partial charge in [-0.15, -0.1) is 0 Å². The Labute approximate surface area is 115 Å². The SMILES string of the molecule is c1cnc(N2CC(Nc3nc(C4CC4)ns3)C2)cn1. The number of nitrogens with one attached hydrogen (secondary N) is 1. The summed E-state index contributed by atoms with van der Waals surface area (Å²) in [7, 11) is 0. The first-order valence-corrected chi connectivity index (χ1v) is 7.27. The Morgan fingerprint density at radius 1 is 1.26 bits per heavy atom. The van der Waals surface area contributed by atoms with Crippen LogP contribution in [0.3, 0.4) is 0 Å². The van der Waals surface area contributed by atoms with Crippen molar-refractivity contribution in [3.8, 4) is 0 Å². The molecule has 0 radical (unpaired) electrons. The first kappa shape index (κ1) is 11.1. The molecule has 0 atom stereocenters. The van der Waals surface area contributed by atoms with Gasteiger partial charge in [-0.3, -0.25) is 4.98 Å². The number of hydrogen-bond donors (Lipinski definition) is 1. The minimum Gasteiger partial charge on any atom is -0.354 e. The van der Waals surface area contributed by atoms with E-state index in [1.807, 2.05) is 0 Å². The van der Waals surface area contributed by atoms with Crippen LogP contribution in [0.5, 0.6) is 0 Å². The van der Waals surface area contributed by atoms with Gasteiger partial charge in [-0.1, -0.05) is 0 Å². The molecule has 0 unspecified atom stereocenters. The number of anilines is 2. The zero-order chi connectivity index (χ0) is 12.7. The number of rotatable bonds is 4. The summed E-state index contributed by atoms with van der Waals surface area (Å²) in [5, 5.41) is 4.39. The third-order valence-corrected chi connectivity index (χ3v) is 4.13. The molecule has 1 saturated carbocycles.